The van der Waals surface area contributed by atoms with Crippen LogP contribution in [0.3, 0.4) is 0 Å². The SMILES string of the molecule is COc1ccc(NC(=O)Nc2ccc(F)c(Cl)c2)cc1C1=CCC=NN1C(C)C. The number of ether oxygens (including phenoxy) is 1. The third-order valence-electron chi connectivity index (χ3n) is 4.27. The quantitative estimate of drug-likeness (QED) is 0.669. The number of allylic oxidation sites excluding steroid dienone is 1. The zero-order chi connectivity index (χ0) is 21.0. The van der Waals surface area contributed by atoms with Crippen LogP contribution in [0, 0.1) is 5.82 Å². The smallest absolute Gasteiger partial charge is 0.323 e. The fourth-order valence-corrected chi connectivity index (χ4v) is 3.13. The van der Waals surface area contributed by atoms with Gasteiger partial charge in [-0.2, -0.15) is 5.10 Å². The average molecular weight is 417 g/mol. The Morgan fingerprint density at radius 3 is 2.55 bits per heavy atom. The summed E-state index contributed by atoms with van der Waals surface area (Å²) in [7, 11) is 1.60. The number of nitrogens with zero attached hydrogens (tertiary/aromatic N) is 2. The van der Waals surface area contributed by atoms with Gasteiger partial charge >= 0.3 is 6.03 Å². The Hall–Kier alpha value is -3.06. The number of amides is 2. The minimum Gasteiger partial charge on any atom is -0.496 e. The molecule has 3 rings (SSSR count). The summed E-state index contributed by atoms with van der Waals surface area (Å²) in [5.74, 6) is 0.130. The van der Waals surface area contributed by atoms with Gasteiger partial charge in [0, 0.05) is 35.6 Å². The van der Waals surface area contributed by atoms with Crippen molar-refractivity contribution in [1.82, 2.24) is 5.01 Å². The molecule has 29 heavy (non-hydrogen) atoms. The van der Waals surface area contributed by atoms with Gasteiger partial charge in [0.05, 0.1) is 17.8 Å². The van der Waals surface area contributed by atoms with Crippen molar-refractivity contribution in [1.29, 1.82) is 0 Å². The Morgan fingerprint density at radius 2 is 1.90 bits per heavy atom. The Bertz CT molecular complexity index is 975. The summed E-state index contributed by atoms with van der Waals surface area (Å²) in [6.45, 7) is 4.10. The molecule has 152 valence electrons. The largest absolute Gasteiger partial charge is 0.496 e. The van der Waals surface area contributed by atoms with Crippen LogP contribution in [0.2, 0.25) is 5.02 Å². The minimum absolute atomic E-state index is 0.0619. The molecule has 1 aliphatic rings. The van der Waals surface area contributed by atoms with E-state index in [1.54, 1.807) is 19.2 Å². The highest BCUT2D eigenvalue weighted by molar-refractivity contribution is 6.31. The molecule has 0 aromatic heterocycles. The van der Waals surface area contributed by atoms with Crippen LogP contribution in [0.1, 0.15) is 25.8 Å². The predicted molar refractivity (Wildman–Crippen MR) is 115 cm³/mol. The Balaban J connectivity index is 1.82. The van der Waals surface area contributed by atoms with Crippen molar-refractivity contribution in [2.75, 3.05) is 17.7 Å². The number of carbonyl (C=O) groups excluding carboxylic acids is 1. The zero-order valence-corrected chi connectivity index (χ0v) is 17.1. The van der Waals surface area contributed by atoms with Gasteiger partial charge in [-0.15, -0.1) is 0 Å². The Kier molecular flexibility index (Phi) is 6.39. The van der Waals surface area contributed by atoms with Crippen molar-refractivity contribution in [2.24, 2.45) is 5.10 Å². The normalized spacial score (nSPS) is 13.3. The number of carbonyl (C=O) groups is 1. The van der Waals surface area contributed by atoms with Gasteiger partial charge in [0.1, 0.15) is 11.6 Å². The van der Waals surface area contributed by atoms with Crippen LogP contribution >= 0.6 is 11.6 Å². The number of anilines is 2. The summed E-state index contributed by atoms with van der Waals surface area (Å²) >= 11 is 5.75. The van der Waals surface area contributed by atoms with E-state index in [-0.39, 0.29) is 11.1 Å². The molecule has 0 atom stereocenters. The van der Waals surface area contributed by atoms with Gasteiger partial charge in [-0.05, 0) is 50.2 Å². The van der Waals surface area contributed by atoms with Crippen LogP contribution in [0.15, 0.2) is 47.6 Å². The van der Waals surface area contributed by atoms with E-state index in [1.807, 2.05) is 31.1 Å². The first kappa shape index (κ1) is 20.7. The van der Waals surface area contributed by atoms with Crippen LogP contribution in [0.25, 0.3) is 5.70 Å². The maximum absolute atomic E-state index is 13.3. The number of rotatable bonds is 5. The number of benzene rings is 2. The van der Waals surface area contributed by atoms with E-state index in [9.17, 15) is 9.18 Å². The van der Waals surface area contributed by atoms with E-state index in [1.165, 1.54) is 18.2 Å². The molecule has 0 unspecified atom stereocenters. The monoisotopic (exact) mass is 416 g/mol. The predicted octanol–water partition coefficient (Wildman–Crippen LogP) is 5.57. The summed E-state index contributed by atoms with van der Waals surface area (Å²) in [6, 6.07) is 9.03. The second-order valence-electron chi connectivity index (χ2n) is 6.68. The van der Waals surface area contributed by atoms with E-state index in [4.69, 9.17) is 16.3 Å². The van der Waals surface area contributed by atoms with Crippen molar-refractivity contribution in [3.05, 3.63) is 58.9 Å². The molecule has 1 aliphatic heterocycles. The number of halogens is 2. The molecule has 2 amide bonds. The van der Waals surface area contributed by atoms with Crippen molar-refractivity contribution in [3.8, 4) is 5.75 Å². The van der Waals surface area contributed by atoms with E-state index in [0.717, 1.165) is 11.3 Å². The lowest BCUT2D eigenvalue weighted by Gasteiger charge is -2.29. The standard InChI is InChI=1S/C21H22ClFN4O2/c1-13(2)27-19(5-4-10-24-27)16-11-14(7-9-20(16)29-3)25-21(28)26-15-6-8-18(23)17(22)12-15/h5-13H,4H2,1-3H3,(H2,25,26,28). The van der Waals surface area contributed by atoms with Crippen molar-refractivity contribution in [3.63, 3.8) is 0 Å². The molecular formula is C21H22ClFN4O2. The number of methoxy groups -OCH3 is 1. The van der Waals surface area contributed by atoms with Crippen LogP contribution in [0.5, 0.6) is 5.75 Å². The maximum Gasteiger partial charge on any atom is 0.323 e. The van der Waals surface area contributed by atoms with Gasteiger partial charge in [-0.1, -0.05) is 17.7 Å². The van der Waals surface area contributed by atoms with Crippen molar-refractivity contribution >= 4 is 40.9 Å². The summed E-state index contributed by atoms with van der Waals surface area (Å²) < 4.78 is 18.8. The Morgan fingerprint density at radius 1 is 1.21 bits per heavy atom. The summed E-state index contributed by atoms with van der Waals surface area (Å²) in [5, 5.41) is 11.7. The molecule has 2 N–H and O–H groups in total. The van der Waals surface area contributed by atoms with Gasteiger partial charge in [0.2, 0.25) is 0 Å². The molecule has 2 aromatic carbocycles. The molecule has 0 aliphatic carbocycles. The molecule has 0 radical (unpaired) electrons. The van der Waals surface area contributed by atoms with Gasteiger partial charge in [0.25, 0.3) is 0 Å². The highest BCUT2D eigenvalue weighted by Crippen LogP contribution is 2.34. The molecule has 8 heteroatoms. The topological polar surface area (TPSA) is 66.0 Å². The second kappa shape index (κ2) is 8.96. The van der Waals surface area contributed by atoms with Crippen molar-refractivity contribution in [2.45, 2.75) is 26.3 Å². The van der Waals surface area contributed by atoms with Crippen LogP contribution in [-0.2, 0) is 0 Å². The van der Waals surface area contributed by atoms with E-state index < -0.39 is 11.8 Å². The van der Waals surface area contributed by atoms with E-state index >= 15 is 0 Å². The van der Waals surface area contributed by atoms with Crippen LogP contribution < -0.4 is 15.4 Å². The highest BCUT2D eigenvalue weighted by Gasteiger charge is 2.20. The van der Waals surface area contributed by atoms with Gasteiger partial charge in [-0.25, -0.2) is 9.18 Å². The number of hydrazone groups is 1. The van der Waals surface area contributed by atoms with Gasteiger partial charge < -0.3 is 15.4 Å². The average Bonchev–Trinajstić information content (AvgIpc) is 2.70. The second-order valence-corrected chi connectivity index (χ2v) is 7.09. The first-order valence-corrected chi connectivity index (χ1v) is 9.50. The number of hydrogen-bond acceptors (Lipinski definition) is 4. The molecule has 0 fully saturated rings. The number of nitrogens with one attached hydrogen (secondary N) is 2. The molecule has 1 heterocycles. The Labute approximate surface area is 174 Å². The lowest BCUT2D eigenvalue weighted by Crippen LogP contribution is -2.26. The third kappa shape index (κ3) is 4.86. The summed E-state index contributed by atoms with van der Waals surface area (Å²) in [6.07, 6.45) is 4.62. The van der Waals surface area contributed by atoms with E-state index in [2.05, 4.69) is 21.8 Å². The van der Waals surface area contributed by atoms with Gasteiger partial charge in [-0.3, -0.25) is 5.01 Å². The van der Waals surface area contributed by atoms with Gasteiger partial charge in [0.15, 0.2) is 0 Å². The summed E-state index contributed by atoms with van der Waals surface area (Å²) in [4.78, 5) is 12.4. The molecule has 0 saturated heterocycles. The number of urea groups is 1. The first-order chi connectivity index (χ1) is 13.9. The first-order valence-electron chi connectivity index (χ1n) is 9.12. The maximum atomic E-state index is 13.3. The molecule has 0 spiro atoms. The molecule has 0 saturated carbocycles. The zero-order valence-electron chi connectivity index (χ0n) is 16.4. The molecule has 0 bridgehead atoms. The fourth-order valence-electron chi connectivity index (χ4n) is 2.95. The minimum atomic E-state index is -0.546. The lowest BCUT2D eigenvalue weighted by molar-refractivity contribution is 0.262. The third-order valence-corrected chi connectivity index (χ3v) is 4.56. The fraction of sp³-hybridized carbons (Fsp3) is 0.238. The van der Waals surface area contributed by atoms with Crippen LogP contribution in [0.4, 0.5) is 20.6 Å². The van der Waals surface area contributed by atoms with E-state index in [0.29, 0.717) is 23.5 Å². The number of hydrogen-bond donors (Lipinski definition) is 2. The van der Waals surface area contributed by atoms with Crippen LogP contribution in [-0.4, -0.2) is 30.4 Å². The molecule has 2 aromatic rings. The molecular weight excluding hydrogens is 395 g/mol. The molecule has 6 nitrogen and oxygen atoms in total. The highest BCUT2D eigenvalue weighted by atomic mass is 35.5. The summed E-state index contributed by atoms with van der Waals surface area (Å²) in [5.41, 5.74) is 2.69. The lowest BCUT2D eigenvalue weighted by atomic mass is 10.1. The van der Waals surface area contributed by atoms with Crippen molar-refractivity contribution < 1.29 is 13.9 Å².